The Labute approximate surface area is 147 Å². The van der Waals surface area contributed by atoms with Crippen LogP contribution in [-0.4, -0.2) is 17.6 Å². The summed E-state index contributed by atoms with van der Waals surface area (Å²) in [5.41, 5.74) is 2.18. The number of thiazole rings is 1. The van der Waals surface area contributed by atoms with E-state index in [0.29, 0.717) is 13.2 Å². The Morgan fingerprint density at radius 3 is 2.62 bits per heavy atom. The van der Waals surface area contributed by atoms with E-state index >= 15 is 0 Å². The van der Waals surface area contributed by atoms with Gasteiger partial charge in [0.2, 0.25) is 0 Å². The molecule has 0 fully saturated rings. The largest absolute Gasteiger partial charge is 0.377 e. The molecule has 6 heteroatoms. The van der Waals surface area contributed by atoms with Crippen LogP contribution in [0.15, 0.2) is 24.3 Å². The van der Waals surface area contributed by atoms with Crippen LogP contribution in [-0.2, 0) is 16.9 Å². The summed E-state index contributed by atoms with van der Waals surface area (Å²) < 4.78 is 5.45. The number of aromatic nitrogens is 1. The van der Waals surface area contributed by atoms with Gasteiger partial charge in [-0.15, -0.1) is 11.3 Å². The Balaban J connectivity index is 2.07. The minimum Gasteiger partial charge on any atom is -0.377 e. The second-order valence-electron chi connectivity index (χ2n) is 6.16. The van der Waals surface area contributed by atoms with E-state index in [2.05, 4.69) is 15.6 Å². The molecule has 130 valence electrons. The SMILES string of the molecule is CCOCc1ccccc1NC(=O)NC(C)(C)c1nc(C)c(C)s1. The zero-order chi connectivity index (χ0) is 17.7. The summed E-state index contributed by atoms with van der Waals surface area (Å²) in [5, 5.41) is 6.81. The van der Waals surface area contributed by atoms with Crippen molar-refractivity contribution >= 4 is 23.1 Å². The maximum absolute atomic E-state index is 12.4. The Kier molecular flexibility index (Phi) is 5.96. The van der Waals surface area contributed by atoms with Gasteiger partial charge in [0.1, 0.15) is 5.01 Å². The molecule has 1 aromatic heterocycles. The van der Waals surface area contributed by atoms with Gasteiger partial charge < -0.3 is 15.4 Å². The number of aryl methyl sites for hydroxylation is 2. The molecule has 0 saturated heterocycles. The lowest BCUT2D eigenvalue weighted by Gasteiger charge is -2.24. The highest BCUT2D eigenvalue weighted by molar-refractivity contribution is 7.11. The van der Waals surface area contributed by atoms with Gasteiger partial charge in [-0.3, -0.25) is 0 Å². The van der Waals surface area contributed by atoms with E-state index < -0.39 is 5.54 Å². The number of ether oxygens (including phenoxy) is 1. The number of carbonyl (C=O) groups is 1. The number of rotatable bonds is 6. The molecule has 2 N–H and O–H groups in total. The predicted molar refractivity (Wildman–Crippen MR) is 98.5 cm³/mol. The molecule has 0 aliphatic heterocycles. The quantitative estimate of drug-likeness (QED) is 0.816. The summed E-state index contributed by atoms with van der Waals surface area (Å²) in [4.78, 5) is 18.2. The second kappa shape index (κ2) is 7.77. The number of para-hydroxylation sites is 1. The van der Waals surface area contributed by atoms with Crippen molar-refractivity contribution in [1.82, 2.24) is 10.3 Å². The van der Waals surface area contributed by atoms with Crippen molar-refractivity contribution in [3.8, 4) is 0 Å². The molecule has 24 heavy (non-hydrogen) atoms. The van der Waals surface area contributed by atoms with Gasteiger partial charge in [-0.2, -0.15) is 0 Å². The molecule has 0 saturated carbocycles. The molecule has 2 rings (SSSR count). The first-order valence-corrected chi connectivity index (χ1v) is 8.84. The molecule has 2 amide bonds. The lowest BCUT2D eigenvalue weighted by atomic mass is 10.1. The van der Waals surface area contributed by atoms with Crippen molar-refractivity contribution in [3.63, 3.8) is 0 Å². The van der Waals surface area contributed by atoms with E-state index in [9.17, 15) is 4.79 Å². The normalized spacial score (nSPS) is 11.4. The molecule has 0 aliphatic rings. The Morgan fingerprint density at radius 1 is 1.29 bits per heavy atom. The molecule has 0 bridgehead atoms. The van der Waals surface area contributed by atoms with Crippen molar-refractivity contribution in [2.45, 2.75) is 46.8 Å². The van der Waals surface area contributed by atoms with Gasteiger partial charge in [0.25, 0.3) is 0 Å². The van der Waals surface area contributed by atoms with Gasteiger partial charge in [0.05, 0.1) is 17.8 Å². The number of anilines is 1. The van der Waals surface area contributed by atoms with Gasteiger partial charge in [-0.25, -0.2) is 9.78 Å². The number of urea groups is 1. The molecular formula is C18H25N3O2S. The Morgan fingerprint density at radius 2 is 2.00 bits per heavy atom. The monoisotopic (exact) mass is 347 g/mol. The number of nitrogens with one attached hydrogen (secondary N) is 2. The molecular weight excluding hydrogens is 322 g/mol. The van der Waals surface area contributed by atoms with Crippen LogP contribution in [0.25, 0.3) is 0 Å². The number of amides is 2. The summed E-state index contributed by atoms with van der Waals surface area (Å²) in [7, 11) is 0. The summed E-state index contributed by atoms with van der Waals surface area (Å²) in [5.74, 6) is 0. The number of hydrogen-bond donors (Lipinski definition) is 2. The highest BCUT2D eigenvalue weighted by Gasteiger charge is 2.27. The first-order valence-electron chi connectivity index (χ1n) is 8.02. The van der Waals surface area contributed by atoms with Crippen LogP contribution in [0.1, 0.15) is 41.9 Å². The lowest BCUT2D eigenvalue weighted by Crippen LogP contribution is -2.43. The Hall–Kier alpha value is -1.92. The third-order valence-electron chi connectivity index (χ3n) is 3.72. The van der Waals surface area contributed by atoms with E-state index in [1.165, 1.54) is 4.88 Å². The van der Waals surface area contributed by atoms with Crippen molar-refractivity contribution in [2.24, 2.45) is 0 Å². The zero-order valence-corrected chi connectivity index (χ0v) is 15.7. The van der Waals surface area contributed by atoms with E-state index in [0.717, 1.165) is 22.0 Å². The minimum atomic E-state index is -0.539. The Bertz CT molecular complexity index is 691. The highest BCUT2D eigenvalue weighted by atomic mass is 32.1. The summed E-state index contributed by atoms with van der Waals surface area (Å²) in [6.45, 7) is 11.0. The molecule has 0 aliphatic carbocycles. The standard InChI is InChI=1S/C18H25N3O2S/c1-6-23-11-14-9-7-8-10-15(14)20-17(22)21-18(4,5)16-19-12(2)13(3)24-16/h7-10H,6,11H2,1-5H3,(H2,20,21,22). The van der Waals surface area contributed by atoms with Gasteiger partial charge in [0, 0.05) is 22.7 Å². The third-order valence-corrected chi connectivity index (χ3v) is 5.11. The fourth-order valence-electron chi connectivity index (χ4n) is 2.21. The first-order chi connectivity index (χ1) is 11.3. The third kappa shape index (κ3) is 4.55. The number of carbonyl (C=O) groups excluding carboxylic acids is 1. The van der Waals surface area contributed by atoms with Crippen LogP contribution in [0.2, 0.25) is 0 Å². The van der Waals surface area contributed by atoms with Crippen LogP contribution in [0, 0.1) is 13.8 Å². The topological polar surface area (TPSA) is 63.2 Å². The number of benzene rings is 1. The van der Waals surface area contributed by atoms with E-state index in [-0.39, 0.29) is 6.03 Å². The number of hydrogen-bond acceptors (Lipinski definition) is 4. The fourth-order valence-corrected chi connectivity index (χ4v) is 3.18. The van der Waals surface area contributed by atoms with Gasteiger partial charge in [-0.1, -0.05) is 18.2 Å². The smallest absolute Gasteiger partial charge is 0.320 e. The molecule has 0 radical (unpaired) electrons. The van der Waals surface area contributed by atoms with E-state index in [1.807, 2.05) is 58.9 Å². The molecule has 2 aromatic rings. The van der Waals surface area contributed by atoms with Gasteiger partial charge in [-0.05, 0) is 40.7 Å². The minimum absolute atomic E-state index is 0.255. The summed E-state index contributed by atoms with van der Waals surface area (Å²) in [6.07, 6.45) is 0. The van der Waals surface area contributed by atoms with Gasteiger partial charge in [0.15, 0.2) is 0 Å². The van der Waals surface area contributed by atoms with Crippen LogP contribution >= 0.6 is 11.3 Å². The van der Waals surface area contributed by atoms with Crippen molar-refractivity contribution in [2.75, 3.05) is 11.9 Å². The molecule has 0 spiro atoms. The summed E-state index contributed by atoms with van der Waals surface area (Å²) in [6, 6.07) is 7.39. The van der Waals surface area contributed by atoms with Crippen molar-refractivity contribution in [1.29, 1.82) is 0 Å². The highest BCUT2D eigenvalue weighted by Crippen LogP contribution is 2.27. The van der Waals surface area contributed by atoms with Crippen molar-refractivity contribution < 1.29 is 9.53 Å². The first kappa shape index (κ1) is 18.4. The molecule has 1 heterocycles. The van der Waals surface area contributed by atoms with Crippen LogP contribution < -0.4 is 10.6 Å². The second-order valence-corrected chi connectivity index (χ2v) is 7.36. The average molecular weight is 347 g/mol. The maximum atomic E-state index is 12.4. The van der Waals surface area contributed by atoms with Crippen LogP contribution in [0.4, 0.5) is 10.5 Å². The lowest BCUT2D eigenvalue weighted by molar-refractivity contribution is 0.134. The average Bonchev–Trinajstić information content (AvgIpc) is 2.86. The van der Waals surface area contributed by atoms with E-state index in [4.69, 9.17) is 4.74 Å². The predicted octanol–water partition coefficient (Wildman–Crippen LogP) is 4.35. The fraction of sp³-hybridized carbons (Fsp3) is 0.444. The van der Waals surface area contributed by atoms with Gasteiger partial charge >= 0.3 is 6.03 Å². The number of nitrogens with zero attached hydrogens (tertiary/aromatic N) is 1. The molecule has 1 aromatic carbocycles. The van der Waals surface area contributed by atoms with Crippen LogP contribution in [0.5, 0.6) is 0 Å². The molecule has 0 atom stereocenters. The van der Waals surface area contributed by atoms with Crippen LogP contribution in [0.3, 0.4) is 0 Å². The molecule has 5 nitrogen and oxygen atoms in total. The van der Waals surface area contributed by atoms with E-state index in [1.54, 1.807) is 11.3 Å². The maximum Gasteiger partial charge on any atom is 0.320 e. The zero-order valence-electron chi connectivity index (χ0n) is 14.9. The summed E-state index contributed by atoms with van der Waals surface area (Å²) >= 11 is 1.61. The molecule has 0 unspecified atom stereocenters. The van der Waals surface area contributed by atoms with Crippen molar-refractivity contribution in [3.05, 3.63) is 45.4 Å².